The van der Waals surface area contributed by atoms with E-state index < -0.39 is 23.1 Å². The number of hydrogen-bond donors (Lipinski definition) is 2. The van der Waals surface area contributed by atoms with Gasteiger partial charge in [-0.2, -0.15) is 0 Å². The largest absolute Gasteiger partial charge is 0.481 e. The lowest BCUT2D eigenvalue weighted by Gasteiger charge is -2.29. The summed E-state index contributed by atoms with van der Waals surface area (Å²) >= 11 is 1.49. The topological polar surface area (TPSA) is 88.5 Å². The second-order valence-electron chi connectivity index (χ2n) is 6.73. The molecule has 1 aromatic rings. The molecule has 0 bridgehead atoms. The Morgan fingerprint density at radius 1 is 1.39 bits per heavy atom. The molecule has 0 aliphatic rings. The van der Waals surface area contributed by atoms with Gasteiger partial charge in [0.05, 0.1) is 16.1 Å². The molecule has 0 fully saturated rings. The summed E-state index contributed by atoms with van der Waals surface area (Å²) in [6.07, 6.45) is 0.838. The molecular formula is C16H26N2O4S. The van der Waals surface area contributed by atoms with Crippen LogP contribution in [0.15, 0.2) is 5.38 Å². The Morgan fingerprint density at radius 2 is 2.04 bits per heavy atom. The minimum atomic E-state index is -1.08. The van der Waals surface area contributed by atoms with Gasteiger partial charge in [0.15, 0.2) is 0 Å². The van der Waals surface area contributed by atoms with E-state index in [1.54, 1.807) is 20.8 Å². The van der Waals surface area contributed by atoms with Gasteiger partial charge in [-0.1, -0.05) is 13.3 Å². The van der Waals surface area contributed by atoms with Crippen LogP contribution in [0.25, 0.3) is 0 Å². The second-order valence-corrected chi connectivity index (χ2v) is 7.79. The van der Waals surface area contributed by atoms with Crippen LogP contribution < -0.4 is 5.32 Å². The number of thiazole rings is 1. The van der Waals surface area contributed by atoms with Crippen molar-refractivity contribution in [1.29, 1.82) is 0 Å². The molecular weight excluding hydrogens is 316 g/mol. The first-order valence-electron chi connectivity index (χ1n) is 7.69. The predicted molar refractivity (Wildman–Crippen MR) is 89.8 cm³/mol. The molecule has 7 heteroatoms. The number of carboxylic acid groups (broad SMARTS) is 1. The second kappa shape index (κ2) is 7.77. The molecule has 1 aromatic heterocycles. The van der Waals surface area contributed by atoms with Gasteiger partial charge < -0.3 is 15.2 Å². The summed E-state index contributed by atoms with van der Waals surface area (Å²) in [7, 11) is 0. The van der Waals surface area contributed by atoms with E-state index in [0.717, 1.165) is 10.7 Å². The van der Waals surface area contributed by atoms with Crippen molar-refractivity contribution < 1.29 is 19.4 Å². The number of aromatic nitrogens is 1. The highest BCUT2D eigenvalue weighted by molar-refractivity contribution is 7.09. The van der Waals surface area contributed by atoms with Crippen molar-refractivity contribution in [3.63, 3.8) is 0 Å². The molecule has 0 spiro atoms. The highest BCUT2D eigenvalue weighted by atomic mass is 32.1. The maximum absolute atomic E-state index is 11.9. The summed E-state index contributed by atoms with van der Waals surface area (Å²) in [6.45, 7) is 9.12. The number of carbonyl (C=O) groups is 2. The third-order valence-electron chi connectivity index (χ3n) is 3.34. The van der Waals surface area contributed by atoms with Crippen molar-refractivity contribution in [1.82, 2.24) is 10.3 Å². The van der Waals surface area contributed by atoms with Crippen molar-refractivity contribution in [2.75, 3.05) is 6.54 Å². The van der Waals surface area contributed by atoms with Gasteiger partial charge in [-0.15, -0.1) is 11.3 Å². The zero-order chi connectivity index (χ0) is 17.7. The Morgan fingerprint density at radius 3 is 2.48 bits per heavy atom. The van der Waals surface area contributed by atoms with Crippen LogP contribution in [0.2, 0.25) is 0 Å². The monoisotopic (exact) mass is 342 g/mol. The molecule has 0 radical (unpaired) electrons. The summed E-state index contributed by atoms with van der Waals surface area (Å²) in [5.41, 5.74) is -0.951. The minimum absolute atomic E-state index is 0.0155. The number of aryl methyl sites for hydroxylation is 1. The number of alkyl carbamates (subject to hydrolysis) is 1. The molecule has 1 unspecified atom stereocenters. The van der Waals surface area contributed by atoms with E-state index >= 15 is 0 Å². The lowest BCUT2D eigenvalue weighted by Crippen LogP contribution is -2.46. The summed E-state index contributed by atoms with van der Waals surface area (Å²) in [4.78, 5) is 28.1. The van der Waals surface area contributed by atoms with Crippen LogP contribution in [0.1, 0.15) is 51.2 Å². The number of rotatable bonds is 7. The van der Waals surface area contributed by atoms with Crippen LogP contribution >= 0.6 is 11.3 Å². The van der Waals surface area contributed by atoms with Gasteiger partial charge in [-0.05, 0) is 34.1 Å². The van der Waals surface area contributed by atoms with Gasteiger partial charge in [-0.25, -0.2) is 9.78 Å². The Labute approximate surface area is 141 Å². The Bertz CT molecular complexity index is 551. The fourth-order valence-electron chi connectivity index (χ4n) is 2.37. The van der Waals surface area contributed by atoms with E-state index in [2.05, 4.69) is 10.3 Å². The molecule has 6 nitrogen and oxygen atoms in total. The average Bonchev–Trinajstić information content (AvgIpc) is 2.79. The number of nitrogens with one attached hydrogen (secondary N) is 1. The third kappa shape index (κ3) is 6.17. The van der Waals surface area contributed by atoms with E-state index in [1.165, 1.54) is 11.3 Å². The van der Waals surface area contributed by atoms with E-state index in [0.29, 0.717) is 12.8 Å². The molecule has 0 saturated heterocycles. The molecule has 23 heavy (non-hydrogen) atoms. The first-order valence-corrected chi connectivity index (χ1v) is 8.57. The first kappa shape index (κ1) is 19.4. The van der Waals surface area contributed by atoms with Crippen molar-refractivity contribution in [3.8, 4) is 0 Å². The number of hydrogen-bond acceptors (Lipinski definition) is 5. The van der Waals surface area contributed by atoms with Gasteiger partial charge in [-0.3, -0.25) is 4.79 Å². The fourth-order valence-corrected chi connectivity index (χ4v) is 2.98. The zero-order valence-electron chi connectivity index (χ0n) is 14.4. The third-order valence-corrected chi connectivity index (χ3v) is 4.16. The summed E-state index contributed by atoms with van der Waals surface area (Å²) in [5.74, 6) is -0.930. The van der Waals surface area contributed by atoms with Gasteiger partial charge in [0, 0.05) is 18.3 Å². The molecule has 2 N–H and O–H groups in total. The van der Waals surface area contributed by atoms with Crippen LogP contribution in [0, 0.1) is 12.3 Å². The van der Waals surface area contributed by atoms with Gasteiger partial charge >= 0.3 is 12.1 Å². The Hall–Kier alpha value is -1.63. The van der Waals surface area contributed by atoms with Crippen molar-refractivity contribution in [2.24, 2.45) is 5.41 Å². The Kier molecular flexibility index (Phi) is 6.56. The molecule has 1 heterocycles. The number of carbonyl (C=O) groups excluding carboxylic acids is 1. The molecule has 1 rings (SSSR count). The van der Waals surface area contributed by atoms with Crippen LogP contribution in [-0.4, -0.2) is 34.3 Å². The van der Waals surface area contributed by atoms with Crippen LogP contribution in [0.5, 0.6) is 0 Å². The minimum Gasteiger partial charge on any atom is -0.481 e. The van der Waals surface area contributed by atoms with E-state index in [1.807, 2.05) is 19.2 Å². The number of aliphatic carboxylic acids is 1. The maximum Gasteiger partial charge on any atom is 0.407 e. The molecule has 0 aliphatic carbocycles. The lowest BCUT2D eigenvalue weighted by atomic mass is 9.79. The standard InChI is InChI=1S/C16H26N2O4S/c1-6-7-16(13(19)20,8-12-9-23-11(2)18-12)10-17-14(21)22-15(3,4)5/h9H,6-8,10H2,1-5H3,(H,17,21)(H,19,20). The van der Waals surface area contributed by atoms with Crippen molar-refractivity contribution in [2.45, 2.75) is 59.5 Å². The normalized spacial score (nSPS) is 14.1. The quantitative estimate of drug-likeness (QED) is 0.793. The summed E-state index contributed by atoms with van der Waals surface area (Å²) in [5, 5.41) is 15.1. The van der Waals surface area contributed by atoms with Crippen molar-refractivity contribution in [3.05, 3.63) is 16.1 Å². The van der Waals surface area contributed by atoms with E-state index in [4.69, 9.17) is 4.74 Å². The number of nitrogens with zero attached hydrogens (tertiary/aromatic N) is 1. The smallest absolute Gasteiger partial charge is 0.407 e. The maximum atomic E-state index is 11.9. The number of amides is 1. The number of ether oxygens (including phenoxy) is 1. The highest BCUT2D eigenvalue weighted by Crippen LogP contribution is 2.29. The molecule has 1 atom stereocenters. The first-order chi connectivity index (χ1) is 10.6. The van der Waals surface area contributed by atoms with Crippen LogP contribution in [0.3, 0.4) is 0 Å². The fraction of sp³-hybridized carbons (Fsp3) is 0.688. The molecule has 0 saturated carbocycles. The molecule has 1 amide bonds. The van der Waals surface area contributed by atoms with E-state index in [9.17, 15) is 14.7 Å². The molecule has 0 aliphatic heterocycles. The van der Waals surface area contributed by atoms with Crippen LogP contribution in [0.4, 0.5) is 4.79 Å². The zero-order valence-corrected chi connectivity index (χ0v) is 15.2. The predicted octanol–water partition coefficient (Wildman–Crippen LogP) is 3.39. The molecule has 130 valence electrons. The summed E-state index contributed by atoms with van der Waals surface area (Å²) < 4.78 is 5.19. The van der Waals surface area contributed by atoms with Gasteiger partial charge in [0.2, 0.25) is 0 Å². The highest BCUT2D eigenvalue weighted by Gasteiger charge is 2.39. The van der Waals surface area contributed by atoms with Crippen molar-refractivity contribution >= 4 is 23.4 Å². The molecule has 0 aromatic carbocycles. The number of carboxylic acids is 1. The average molecular weight is 342 g/mol. The van der Waals surface area contributed by atoms with Gasteiger partial charge in [0.1, 0.15) is 5.60 Å². The lowest BCUT2D eigenvalue weighted by molar-refractivity contribution is -0.149. The van der Waals surface area contributed by atoms with Crippen LogP contribution in [-0.2, 0) is 16.0 Å². The van der Waals surface area contributed by atoms with E-state index in [-0.39, 0.29) is 13.0 Å². The van der Waals surface area contributed by atoms with Gasteiger partial charge in [0.25, 0.3) is 0 Å². The SMILES string of the molecule is CCCC(CNC(=O)OC(C)(C)C)(Cc1csc(C)n1)C(=O)O. The summed E-state index contributed by atoms with van der Waals surface area (Å²) in [6, 6.07) is 0. The Balaban J connectivity index is 2.86.